The highest BCUT2D eigenvalue weighted by molar-refractivity contribution is 7.80. The molecule has 0 atom stereocenters. The summed E-state index contributed by atoms with van der Waals surface area (Å²) in [6.07, 6.45) is 12.4. The first-order chi connectivity index (χ1) is 8.70. The van der Waals surface area contributed by atoms with Crippen LogP contribution in [-0.4, -0.2) is 17.9 Å². The predicted molar refractivity (Wildman–Crippen MR) is 81.1 cm³/mol. The van der Waals surface area contributed by atoms with Gasteiger partial charge in [-0.3, -0.25) is 4.79 Å². The number of ether oxygens (including phenoxy) is 1. The first-order valence-electron chi connectivity index (χ1n) is 7.29. The van der Waals surface area contributed by atoms with Gasteiger partial charge in [0.05, 0.1) is 7.11 Å². The van der Waals surface area contributed by atoms with Crippen molar-refractivity contribution in [2.45, 2.75) is 77.6 Å². The van der Waals surface area contributed by atoms with Gasteiger partial charge in [-0.15, -0.1) is 0 Å². The van der Waals surface area contributed by atoms with E-state index in [-0.39, 0.29) is 5.97 Å². The Morgan fingerprint density at radius 3 is 2.00 bits per heavy atom. The molecule has 0 aromatic carbocycles. The Labute approximate surface area is 117 Å². The van der Waals surface area contributed by atoms with Gasteiger partial charge < -0.3 is 4.74 Å². The highest BCUT2D eigenvalue weighted by Gasteiger charge is 2.01. The molecule has 0 aliphatic carbocycles. The maximum Gasteiger partial charge on any atom is 0.305 e. The van der Waals surface area contributed by atoms with E-state index >= 15 is 0 Å². The van der Waals surface area contributed by atoms with E-state index in [1.54, 1.807) is 0 Å². The highest BCUT2D eigenvalue weighted by atomic mass is 32.1. The molecule has 106 valence electrons. The molecule has 0 aromatic rings. The average Bonchev–Trinajstić information content (AvgIpc) is 2.38. The van der Waals surface area contributed by atoms with E-state index in [0.29, 0.717) is 6.42 Å². The van der Waals surface area contributed by atoms with Crippen LogP contribution in [0.2, 0.25) is 0 Å². The molecule has 0 aliphatic rings. The van der Waals surface area contributed by atoms with E-state index in [1.165, 1.54) is 50.5 Å². The molecule has 0 saturated heterocycles. The number of hydrogen-bond donors (Lipinski definition) is 0. The topological polar surface area (TPSA) is 26.3 Å². The molecule has 0 heterocycles. The van der Waals surface area contributed by atoms with Crippen LogP contribution in [-0.2, 0) is 9.53 Å². The Morgan fingerprint density at radius 1 is 0.889 bits per heavy atom. The Balaban J connectivity index is 3.25. The molecule has 0 N–H and O–H groups in total. The van der Waals surface area contributed by atoms with Gasteiger partial charge in [-0.1, -0.05) is 51.2 Å². The quantitative estimate of drug-likeness (QED) is 0.289. The van der Waals surface area contributed by atoms with Gasteiger partial charge in [0.15, 0.2) is 0 Å². The SMILES string of the molecule is CCCCCCCCC(=S)CCCCC(=O)OC. The number of thiocarbonyl (C=S) groups is 1. The molecule has 3 heteroatoms. The van der Waals surface area contributed by atoms with Crippen molar-refractivity contribution < 1.29 is 9.53 Å². The highest BCUT2D eigenvalue weighted by Crippen LogP contribution is 2.11. The van der Waals surface area contributed by atoms with Crippen molar-refractivity contribution in [3.63, 3.8) is 0 Å². The molecule has 2 nitrogen and oxygen atoms in total. The number of methoxy groups -OCH3 is 1. The van der Waals surface area contributed by atoms with Gasteiger partial charge >= 0.3 is 5.97 Å². The van der Waals surface area contributed by atoms with Crippen LogP contribution in [0.3, 0.4) is 0 Å². The largest absolute Gasteiger partial charge is 0.469 e. The van der Waals surface area contributed by atoms with Gasteiger partial charge in [0, 0.05) is 6.42 Å². The lowest BCUT2D eigenvalue weighted by Crippen LogP contribution is -2.00. The lowest BCUT2D eigenvalue weighted by Gasteiger charge is -2.04. The van der Waals surface area contributed by atoms with Crippen molar-refractivity contribution >= 4 is 23.1 Å². The third-order valence-corrected chi connectivity index (χ3v) is 3.53. The van der Waals surface area contributed by atoms with Crippen LogP contribution in [0.4, 0.5) is 0 Å². The first-order valence-corrected chi connectivity index (χ1v) is 7.70. The summed E-state index contributed by atoms with van der Waals surface area (Å²) in [6, 6.07) is 0. The number of unbranched alkanes of at least 4 members (excludes halogenated alkanes) is 6. The zero-order chi connectivity index (χ0) is 13.6. The van der Waals surface area contributed by atoms with E-state index in [2.05, 4.69) is 11.7 Å². The summed E-state index contributed by atoms with van der Waals surface area (Å²) >= 11 is 5.35. The number of esters is 1. The Morgan fingerprint density at radius 2 is 1.39 bits per heavy atom. The molecule has 0 fully saturated rings. The maximum absolute atomic E-state index is 10.9. The fourth-order valence-corrected chi connectivity index (χ4v) is 2.21. The van der Waals surface area contributed by atoms with Crippen molar-refractivity contribution in [1.82, 2.24) is 0 Å². The Hall–Kier alpha value is -0.440. The van der Waals surface area contributed by atoms with E-state index in [0.717, 1.165) is 25.7 Å². The number of hydrogen-bond acceptors (Lipinski definition) is 3. The minimum absolute atomic E-state index is 0.114. The van der Waals surface area contributed by atoms with Gasteiger partial charge in [0.25, 0.3) is 0 Å². The van der Waals surface area contributed by atoms with Gasteiger partial charge in [-0.25, -0.2) is 0 Å². The van der Waals surface area contributed by atoms with E-state index < -0.39 is 0 Å². The first kappa shape index (κ1) is 17.6. The lowest BCUT2D eigenvalue weighted by atomic mass is 10.1. The summed E-state index contributed by atoms with van der Waals surface area (Å²) < 4.78 is 4.60. The van der Waals surface area contributed by atoms with Crippen LogP contribution in [0.25, 0.3) is 0 Å². The second-order valence-corrected chi connectivity index (χ2v) is 5.42. The van der Waals surface area contributed by atoms with Gasteiger partial charge in [0.2, 0.25) is 0 Å². The fourth-order valence-electron chi connectivity index (χ4n) is 1.92. The molecule has 0 unspecified atom stereocenters. The van der Waals surface area contributed by atoms with Crippen LogP contribution in [0.5, 0.6) is 0 Å². The summed E-state index contributed by atoms with van der Waals surface area (Å²) in [5.74, 6) is -0.114. The average molecular weight is 272 g/mol. The van der Waals surface area contributed by atoms with E-state index in [9.17, 15) is 4.79 Å². The Kier molecular flexibility index (Phi) is 12.7. The molecule has 0 aromatic heterocycles. The zero-order valence-electron chi connectivity index (χ0n) is 12.0. The molecule has 0 bridgehead atoms. The van der Waals surface area contributed by atoms with Crippen LogP contribution in [0, 0.1) is 0 Å². The van der Waals surface area contributed by atoms with Gasteiger partial charge in [-0.05, 0) is 37.0 Å². The second-order valence-electron chi connectivity index (χ2n) is 4.84. The van der Waals surface area contributed by atoms with Gasteiger partial charge in [-0.2, -0.15) is 0 Å². The van der Waals surface area contributed by atoms with Crippen molar-refractivity contribution in [3.8, 4) is 0 Å². The van der Waals surface area contributed by atoms with E-state index in [1.807, 2.05) is 0 Å². The third-order valence-electron chi connectivity index (χ3n) is 3.12. The summed E-state index contributed by atoms with van der Waals surface area (Å²) in [7, 11) is 1.44. The molecule has 18 heavy (non-hydrogen) atoms. The maximum atomic E-state index is 10.9. The molecular weight excluding hydrogens is 244 g/mol. The standard InChI is InChI=1S/C15H28O2S/c1-3-4-5-6-7-8-11-14(18)12-9-10-13-15(16)17-2/h3-13H2,1-2H3. The molecule has 0 spiro atoms. The minimum atomic E-state index is -0.114. The monoisotopic (exact) mass is 272 g/mol. The molecule has 0 saturated carbocycles. The van der Waals surface area contributed by atoms with Crippen LogP contribution < -0.4 is 0 Å². The predicted octanol–water partition coefficient (Wildman–Crippen LogP) is 4.84. The van der Waals surface area contributed by atoms with Crippen LogP contribution in [0.15, 0.2) is 0 Å². The summed E-state index contributed by atoms with van der Waals surface area (Å²) in [6.45, 7) is 2.24. The Bertz CT molecular complexity index is 227. The third kappa shape index (κ3) is 12.0. The second kappa shape index (κ2) is 13.0. The normalized spacial score (nSPS) is 10.3. The van der Waals surface area contributed by atoms with Crippen LogP contribution in [0.1, 0.15) is 77.6 Å². The molecule has 0 aliphatic heterocycles. The molecule has 0 radical (unpaired) electrons. The van der Waals surface area contributed by atoms with Crippen molar-refractivity contribution in [2.75, 3.05) is 7.11 Å². The zero-order valence-corrected chi connectivity index (χ0v) is 12.8. The summed E-state index contributed by atoms with van der Waals surface area (Å²) in [5.41, 5.74) is 0. The molecule has 0 amide bonds. The fraction of sp³-hybridized carbons (Fsp3) is 0.867. The van der Waals surface area contributed by atoms with Crippen molar-refractivity contribution in [3.05, 3.63) is 0 Å². The van der Waals surface area contributed by atoms with Crippen LogP contribution >= 0.6 is 12.2 Å². The van der Waals surface area contributed by atoms with E-state index in [4.69, 9.17) is 12.2 Å². The minimum Gasteiger partial charge on any atom is -0.469 e. The number of carbonyl (C=O) groups excluding carboxylic acids is 1. The van der Waals surface area contributed by atoms with Gasteiger partial charge in [0.1, 0.15) is 0 Å². The van der Waals surface area contributed by atoms with Crippen molar-refractivity contribution in [1.29, 1.82) is 0 Å². The number of carbonyl (C=O) groups is 1. The van der Waals surface area contributed by atoms with Crippen molar-refractivity contribution in [2.24, 2.45) is 0 Å². The summed E-state index contributed by atoms with van der Waals surface area (Å²) in [4.78, 5) is 12.1. The lowest BCUT2D eigenvalue weighted by molar-refractivity contribution is -0.140. The molecular formula is C15H28O2S. The summed E-state index contributed by atoms with van der Waals surface area (Å²) in [5, 5.41) is 0. The number of rotatable bonds is 12. The molecule has 0 rings (SSSR count). The smallest absolute Gasteiger partial charge is 0.305 e.